The zero-order chi connectivity index (χ0) is 20.1. The summed E-state index contributed by atoms with van der Waals surface area (Å²) in [4.78, 5) is 15.8. The molecule has 0 aliphatic rings. The number of carbonyl (C=O) groups excluding carboxylic acids is 1. The van der Waals surface area contributed by atoms with Gasteiger partial charge >= 0.3 is 12.3 Å². The number of nitrogens with one attached hydrogen (secondary N) is 1. The van der Waals surface area contributed by atoms with Crippen molar-refractivity contribution in [2.24, 2.45) is 0 Å². The van der Waals surface area contributed by atoms with E-state index >= 15 is 0 Å². The highest BCUT2D eigenvalue weighted by atomic mass is 19.4. The van der Waals surface area contributed by atoms with Crippen molar-refractivity contribution < 1.29 is 22.7 Å². The zero-order valence-electron chi connectivity index (χ0n) is 15.2. The molecule has 8 heteroatoms. The number of carbonyl (C=O) groups is 1. The summed E-state index contributed by atoms with van der Waals surface area (Å²) in [6.07, 6.45) is -3.51. The fourth-order valence-corrected chi connectivity index (χ4v) is 2.20. The van der Waals surface area contributed by atoms with Crippen molar-refractivity contribution in [3.8, 4) is 6.07 Å². The fourth-order valence-electron chi connectivity index (χ4n) is 2.20. The Balaban J connectivity index is 3.32. The molecule has 26 heavy (non-hydrogen) atoms. The molecule has 0 bridgehead atoms. The van der Waals surface area contributed by atoms with Gasteiger partial charge in [-0.3, -0.25) is 10.3 Å². The Kier molecular flexibility index (Phi) is 6.79. The van der Waals surface area contributed by atoms with Crippen LogP contribution in [0.15, 0.2) is 18.7 Å². The first-order valence-electron chi connectivity index (χ1n) is 7.98. The zero-order valence-corrected chi connectivity index (χ0v) is 15.2. The number of nitriles is 1. The largest absolute Gasteiger partial charge is 0.444 e. The number of alkyl halides is 3. The molecule has 1 amide bonds. The fraction of sp³-hybridized carbons (Fsp3) is 0.500. The number of ether oxygens (including phenoxy) is 1. The molecule has 1 N–H and O–H groups in total. The Morgan fingerprint density at radius 1 is 1.46 bits per heavy atom. The van der Waals surface area contributed by atoms with E-state index in [1.165, 1.54) is 13.0 Å². The highest BCUT2D eigenvalue weighted by molar-refractivity contribution is 5.85. The Bertz CT molecular complexity index is 716. The molecule has 1 aromatic rings. The van der Waals surface area contributed by atoms with E-state index in [1.54, 1.807) is 20.8 Å². The Hall–Kier alpha value is -2.56. The number of amides is 1. The monoisotopic (exact) mass is 369 g/mol. The van der Waals surface area contributed by atoms with E-state index in [-0.39, 0.29) is 23.5 Å². The number of hydrogen-bond donors (Lipinski definition) is 1. The lowest BCUT2D eigenvalue weighted by atomic mass is 9.95. The second kappa shape index (κ2) is 8.21. The van der Waals surface area contributed by atoms with Crippen LogP contribution in [0.2, 0.25) is 0 Å². The van der Waals surface area contributed by atoms with Gasteiger partial charge in [0.05, 0.1) is 34.6 Å². The van der Waals surface area contributed by atoms with E-state index in [0.29, 0.717) is 6.42 Å². The van der Waals surface area contributed by atoms with E-state index in [1.807, 2.05) is 6.07 Å². The first-order valence-corrected chi connectivity index (χ1v) is 7.98. The molecule has 0 aliphatic heterocycles. The second-order valence-electron chi connectivity index (χ2n) is 6.73. The molecule has 0 radical (unpaired) electrons. The van der Waals surface area contributed by atoms with E-state index in [2.05, 4.69) is 16.9 Å². The van der Waals surface area contributed by atoms with Gasteiger partial charge in [0.1, 0.15) is 5.60 Å². The molecule has 0 aliphatic carbocycles. The van der Waals surface area contributed by atoms with Crippen LogP contribution in [0.5, 0.6) is 0 Å². The molecule has 5 nitrogen and oxygen atoms in total. The summed E-state index contributed by atoms with van der Waals surface area (Å²) in [6.45, 7) is 9.88. The average molecular weight is 369 g/mol. The minimum Gasteiger partial charge on any atom is -0.444 e. The summed E-state index contributed by atoms with van der Waals surface area (Å²) in [5.74, 6) is -1.03. The molecule has 0 spiro atoms. The molecule has 0 aromatic carbocycles. The lowest BCUT2D eigenvalue weighted by Gasteiger charge is -2.21. The minimum absolute atomic E-state index is 0.115. The number of pyridine rings is 1. The Labute approximate surface area is 150 Å². The summed E-state index contributed by atoms with van der Waals surface area (Å²) in [5, 5.41) is 11.5. The third kappa shape index (κ3) is 6.06. The van der Waals surface area contributed by atoms with Gasteiger partial charge in [0.2, 0.25) is 0 Å². The molecule has 1 aromatic heterocycles. The van der Waals surface area contributed by atoms with Crippen LogP contribution in [0.1, 0.15) is 56.5 Å². The molecule has 1 rings (SSSR count). The van der Waals surface area contributed by atoms with Crippen LogP contribution in [0.4, 0.5) is 23.7 Å². The molecule has 0 saturated carbocycles. The number of hydrogen-bond acceptors (Lipinski definition) is 4. The highest BCUT2D eigenvalue weighted by Gasteiger charge is 2.37. The minimum atomic E-state index is -4.72. The van der Waals surface area contributed by atoms with Gasteiger partial charge in [-0.25, -0.2) is 4.79 Å². The van der Waals surface area contributed by atoms with Gasteiger partial charge < -0.3 is 4.74 Å². The van der Waals surface area contributed by atoms with Gasteiger partial charge in [0.15, 0.2) is 0 Å². The lowest BCUT2D eigenvalue weighted by molar-refractivity contribution is -0.138. The molecule has 1 heterocycles. The predicted molar refractivity (Wildman–Crippen MR) is 91.6 cm³/mol. The SMILES string of the molecule is C=CCCC(C#N)c1nc(C)c(NC(=O)OC(C)(C)C)cc1C(F)(F)F. The average Bonchev–Trinajstić information content (AvgIpc) is 2.47. The van der Waals surface area contributed by atoms with Crippen molar-refractivity contribution in [3.63, 3.8) is 0 Å². The molecule has 0 fully saturated rings. The second-order valence-corrected chi connectivity index (χ2v) is 6.73. The van der Waals surface area contributed by atoms with Crippen LogP contribution in [0.3, 0.4) is 0 Å². The van der Waals surface area contributed by atoms with Crippen molar-refractivity contribution in [1.29, 1.82) is 5.26 Å². The van der Waals surface area contributed by atoms with E-state index in [0.717, 1.165) is 6.07 Å². The summed E-state index contributed by atoms with van der Waals surface area (Å²) in [5.41, 5.74) is -2.15. The number of halogens is 3. The van der Waals surface area contributed by atoms with Crippen LogP contribution in [0.25, 0.3) is 0 Å². The summed E-state index contributed by atoms with van der Waals surface area (Å²) >= 11 is 0. The number of nitrogens with zero attached hydrogens (tertiary/aromatic N) is 2. The maximum atomic E-state index is 13.5. The number of aromatic nitrogens is 1. The van der Waals surface area contributed by atoms with E-state index in [4.69, 9.17) is 4.74 Å². The van der Waals surface area contributed by atoms with Gasteiger partial charge in [-0.1, -0.05) is 6.08 Å². The van der Waals surface area contributed by atoms with Crippen molar-refractivity contribution >= 4 is 11.8 Å². The number of rotatable bonds is 5. The van der Waals surface area contributed by atoms with Crippen molar-refractivity contribution in [2.45, 2.75) is 58.2 Å². The van der Waals surface area contributed by atoms with Gasteiger partial charge in [-0.15, -0.1) is 6.58 Å². The molecular weight excluding hydrogens is 347 g/mol. The van der Waals surface area contributed by atoms with Crippen molar-refractivity contribution in [2.75, 3.05) is 5.32 Å². The number of allylic oxidation sites excluding steroid dienone is 1. The van der Waals surface area contributed by atoms with Crippen LogP contribution < -0.4 is 5.32 Å². The molecular formula is C18H22F3N3O2. The van der Waals surface area contributed by atoms with Crippen LogP contribution in [0, 0.1) is 18.3 Å². The summed E-state index contributed by atoms with van der Waals surface area (Å²) in [7, 11) is 0. The molecule has 0 saturated heterocycles. The normalized spacial score (nSPS) is 12.8. The highest BCUT2D eigenvalue weighted by Crippen LogP contribution is 2.38. The Morgan fingerprint density at radius 3 is 2.54 bits per heavy atom. The molecule has 142 valence electrons. The summed E-state index contributed by atoms with van der Waals surface area (Å²) < 4.78 is 45.5. The third-order valence-electron chi connectivity index (χ3n) is 3.33. The molecule has 1 unspecified atom stereocenters. The van der Waals surface area contributed by atoms with Crippen LogP contribution >= 0.6 is 0 Å². The van der Waals surface area contributed by atoms with E-state index < -0.39 is 29.4 Å². The maximum Gasteiger partial charge on any atom is 0.418 e. The first kappa shape index (κ1) is 21.5. The van der Waals surface area contributed by atoms with Crippen molar-refractivity contribution in [1.82, 2.24) is 4.98 Å². The third-order valence-corrected chi connectivity index (χ3v) is 3.33. The van der Waals surface area contributed by atoms with Crippen LogP contribution in [-0.2, 0) is 10.9 Å². The van der Waals surface area contributed by atoms with Crippen molar-refractivity contribution in [3.05, 3.63) is 35.7 Å². The first-order chi connectivity index (χ1) is 11.9. The lowest BCUT2D eigenvalue weighted by Crippen LogP contribution is -2.28. The van der Waals surface area contributed by atoms with Gasteiger partial charge in [-0.05, 0) is 46.6 Å². The standard InChI is InChI=1S/C18H22F3N3O2/c1-6-7-8-12(10-22)15-13(18(19,20)21)9-14(11(2)23-15)24-16(25)26-17(3,4)5/h6,9,12H,1,7-8H2,2-5H3,(H,24,25). The number of aryl methyl sites for hydroxylation is 1. The van der Waals surface area contributed by atoms with Gasteiger partial charge in [0.25, 0.3) is 0 Å². The topological polar surface area (TPSA) is 75.0 Å². The Morgan fingerprint density at radius 2 is 2.08 bits per heavy atom. The number of anilines is 1. The molecule has 1 atom stereocenters. The van der Waals surface area contributed by atoms with Crippen LogP contribution in [-0.4, -0.2) is 16.7 Å². The smallest absolute Gasteiger partial charge is 0.418 e. The van der Waals surface area contributed by atoms with Gasteiger partial charge in [0, 0.05) is 0 Å². The van der Waals surface area contributed by atoms with E-state index in [9.17, 15) is 23.2 Å². The predicted octanol–water partition coefficient (Wildman–Crippen LogP) is 5.33. The maximum absolute atomic E-state index is 13.5. The summed E-state index contributed by atoms with van der Waals surface area (Å²) in [6, 6.07) is 2.65. The van der Waals surface area contributed by atoms with Gasteiger partial charge in [-0.2, -0.15) is 18.4 Å². The quantitative estimate of drug-likeness (QED) is 0.712.